The van der Waals surface area contributed by atoms with E-state index in [4.69, 9.17) is 40.2 Å². The number of amides is 3. The van der Waals surface area contributed by atoms with Crippen LogP contribution in [0.5, 0.6) is 0 Å². The zero-order chi connectivity index (χ0) is 26.0. The Bertz CT molecular complexity index is 1380. The number of thiocarbonyl (C=S) groups is 1. The van der Waals surface area contributed by atoms with Gasteiger partial charge in [0.2, 0.25) is 0 Å². The zero-order valence-corrected chi connectivity index (χ0v) is 20.5. The normalized spacial score (nSPS) is 12.3. The molecule has 0 unspecified atom stereocenters. The summed E-state index contributed by atoms with van der Waals surface area (Å²) in [5.74, 6) is -1.72. The lowest BCUT2D eigenvalue weighted by atomic mass is 10.1. The molecule has 0 saturated heterocycles. The van der Waals surface area contributed by atoms with Gasteiger partial charge in [-0.25, -0.2) is 4.90 Å². The molecular weight excluding hydrogens is 529 g/mol. The van der Waals surface area contributed by atoms with Gasteiger partial charge in [-0.15, -0.1) is 0 Å². The number of nitro benzene ring substituents is 1. The number of para-hydroxylation sites is 1. The van der Waals surface area contributed by atoms with Crippen LogP contribution >= 0.6 is 35.4 Å². The van der Waals surface area contributed by atoms with Gasteiger partial charge in [-0.3, -0.25) is 29.4 Å². The van der Waals surface area contributed by atoms with Crippen LogP contribution in [-0.2, 0) is 4.74 Å². The number of carbonyl (C=O) groups is 3. The highest BCUT2D eigenvalue weighted by Crippen LogP contribution is 2.35. The van der Waals surface area contributed by atoms with E-state index in [0.717, 1.165) is 15.9 Å². The van der Waals surface area contributed by atoms with Crippen LogP contribution in [0.4, 0.5) is 11.4 Å². The fourth-order valence-corrected chi connectivity index (χ4v) is 4.42. The number of imide groups is 1. The van der Waals surface area contributed by atoms with Gasteiger partial charge in [-0.2, -0.15) is 0 Å². The number of halogens is 2. The number of ether oxygens (including phenoxy) is 1. The van der Waals surface area contributed by atoms with Crippen LogP contribution < -0.4 is 4.90 Å². The molecular formula is C24H15Cl2N3O6S. The van der Waals surface area contributed by atoms with Crippen molar-refractivity contribution in [3.63, 3.8) is 0 Å². The summed E-state index contributed by atoms with van der Waals surface area (Å²) in [4.78, 5) is 51.1. The number of benzene rings is 3. The van der Waals surface area contributed by atoms with Gasteiger partial charge in [-0.1, -0.05) is 47.5 Å². The second-order valence-electron chi connectivity index (χ2n) is 7.44. The van der Waals surface area contributed by atoms with Crippen molar-refractivity contribution in [2.24, 2.45) is 0 Å². The van der Waals surface area contributed by atoms with Gasteiger partial charge >= 0.3 is 0 Å². The lowest BCUT2D eigenvalue weighted by Crippen LogP contribution is -2.40. The molecule has 3 amide bonds. The number of anilines is 1. The van der Waals surface area contributed by atoms with Gasteiger partial charge in [-0.05, 0) is 42.5 Å². The van der Waals surface area contributed by atoms with E-state index in [1.54, 1.807) is 30.3 Å². The number of fused-ring (bicyclic) bond motifs is 1. The van der Waals surface area contributed by atoms with Crippen molar-refractivity contribution in [2.45, 2.75) is 0 Å². The van der Waals surface area contributed by atoms with Crippen LogP contribution in [0.1, 0.15) is 31.1 Å². The number of carbonyl (C=O) groups excluding carboxylic acids is 3. The van der Waals surface area contributed by atoms with Crippen LogP contribution in [-0.4, -0.2) is 45.9 Å². The highest BCUT2D eigenvalue weighted by molar-refractivity contribution is 7.80. The minimum absolute atomic E-state index is 0.0167. The average molecular weight is 544 g/mol. The quantitative estimate of drug-likeness (QED) is 0.183. The molecule has 12 heteroatoms. The Morgan fingerprint density at radius 1 is 0.972 bits per heavy atom. The van der Waals surface area contributed by atoms with E-state index < -0.39 is 22.6 Å². The molecule has 0 aromatic heterocycles. The molecule has 0 bridgehead atoms. The van der Waals surface area contributed by atoms with E-state index in [1.807, 2.05) is 0 Å². The highest BCUT2D eigenvalue weighted by Gasteiger charge is 2.35. The third kappa shape index (κ3) is 4.78. The lowest BCUT2D eigenvalue weighted by molar-refractivity contribution is -0.384. The summed E-state index contributed by atoms with van der Waals surface area (Å²) in [7, 11) is 0. The first-order chi connectivity index (χ1) is 17.2. The Morgan fingerprint density at radius 2 is 1.56 bits per heavy atom. The Hall–Kier alpha value is -3.86. The van der Waals surface area contributed by atoms with E-state index in [9.17, 15) is 24.5 Å². The first kappa shape index (κ1) is 25.2. The first-order valence-electron chi connectivity index (χ1n) is 10.4. The zero-order valence-electron chi connectivity index (χ0n) is 18.2. The maximum Gasteiger partial charge on any atom is 0.271 e. The predicted octanol–water partition coefficient (Wildman–Crippen LogP) is 5.15. The second kappa shape index (κ2) is 10.4. The molecule has 9 nitrogen and oxygen atoms in total. The molecule has 0 N–H and O–H groups in total. The van der Waals surface area contributed by atoms with Gasteiger partial charge in [0.25, 0.3) is 28.6 Å². The fourth-order valence-electron chi connectivity index (χ4n) is 3.59. The summed E-state index contributed by atoms with van der Waals surface area (Å²) in [5, 5.41) is 11.0. The summed E-state index contributed by atoms with van der Waals surface area (Å²) >= 11 is 18.0. The average Bonchev–Trinajstić information content (AvgIpc) is 3.11. The molecule has 182 valence electrons. The Balaban J connectivity index is 1.58. The van der Waals surface area contributed by atoms with Crippen LogP contribution in [0.15, 0.2) is 66.7 Å². The molecule has 3 aromatic rings. The lowest BCUT2D eigenvalue weighted by Gasteiger charge is -2.25. The molecule has 0 atom stereocenters. The maximum absolute atomic E-state index is 13.4. The number of non-ortho nitro benzene ring substituents is 1. The summed E-state index contributed by atoms with van der Waals surface area (Å²) in [6, 6.07) is 16.0. The van der Waals surface area contributed by atoms with Gasteiger partial charge in [0.15, 0.2) is 0 Å². The van der Waals surface area contributed by atoms with Crippen molar-refractivity contribution in [2.75, 3.05) is 18.1 Å². The summed E-state index contributed by atoms with van der Waals surface area (Å²) < 4.78 is 5.59. The van der Waals surface area contributed by atoms with Crippen LogP contribution in [0, 0.1) is 10.1 Å². The van der Waals surface area contributed by atoms with Crippen LogP contribution in [0.25, 0.3) is 0 Å². The van der Waals surface area contributed by atoms with Gasteiger partial charge in [0.05, 0.1) is 38.3 Å². The molecule has 0 saturated carbocycles. The van der Waals surface area contributed by atoms with E-state index in [1.165, 1.54) is 30.3 Å². The standard InChI is InChI=1S/C24H15Cl2N3O6S/c25-18-9-4-10-19(26)20(18)28(21(30)14-5-3-6-15(13-14)29(33)34)24(36)35-12-11-27-22(31)16-7-1-2-8-17(16)23(27)32/h1-10,13H,11-12H2. The van der Waals surface area contributed by atoms with Crippen LogP contribution in [0.3, 0.4) is 0 Å². The Labute approximate surface area is 219 Å². The molecule has 36 heavy (non-hydrogen) atoms. The third-order valence-corrected chi connectivity index (χ3v) is 6.18. The second-order valence-corrected chi connectivity index (χ2v) is 8.60. The number of hydrogen-bond acceptors (Lipinski definition) is 7. The highest BCUT2D eigenvalue weighted by atomic mass is 35.5. The van der Waals surface area contributed by atoms with Crippen molar-refractivity contribution in [1.82, 2.24) is 4.90 Å². The number of hydrogen-bond donors (Lipinski definition) is 0. The molecule has 1 heterocycles. The van der Waals surface area contributed by atoms with Crippen molar-refractivity contribution in [3.8, 4) is 0 Å². The molecule has 4 rings (SSSR count). The summed E-state index contributed by atoms with van der Waals surface area (Å²) in [6.07, 6.45) is 0. The van der Waals surface area contributed by atoms with Gasteiger partial charge in [0, 0.05) is 17.7 Å². The topological polar surface area (TPSA) is 110 Å². The van der Waals surface area contributed by atoms with Crippen molar-refractivity contribution in [1.29, 1.82) is 0 Å². The Kier molecular flexibility index (Phi) is 7.30. The minimum Gasteiger partial charge on any atom is -0.468 e. The summed E-state index contributed by atoms with van der Waals surface area (Å²) in [6.45, 7) is -0.368. The maximum atomic E-state index is 13.4. The molecule has 0 aliphatic carbocycles. The molecule has 0 radical (unpaired) electrons. The molecule has 3 aromatic carbocycles. The first-order valence-corrected chi connectivity index (χ1v) is 11.5. The van der Waals surface area contributed by atoms with Crippen molar-refractivity contribution < 1.29 is 24.0 Å². The van der Waals surface area contributed by atoms with E-state index in [0.29, 0.717) is 0 Å². The summed E-state index contributed by atoms with van der Waals surface area (Å²) in [5.41, 5.74) is 0.226. The third-order valence-electron chi connectivity index (χ3n) is 5.27. The fraction of sp³-hybridized carbons (Fsp3) is 0.0833. The number of rotatable bonds is 6. The van der Waals surface area contributed by atoms with Gasteiger partial charge in [0.1, 0.15) is 6.61 Å². The molecule has 1 aliphatic rings. The minimum atomic E-state index is -0.778. The molecule has 0 fully saturated rings. The molecule has 1 aliphatic heterocycles. The van der Waals surface area contributed by atoms with E-state index >= 15 is 0 Å². The van der Waals surface area contributed by atoms with E-state index in [2.05, 4.69) is 0 Å². The van der Waals surface area contributed by atoms with Crippen molar-refractivity contribution >= 4 is 69.7 Å². The predicted molar refractivity (Wildman–Crippen MR) is 137 cm³/mol. The Morgan fingerprint density at radius 3 is 2.14 bits per heavy atom. The van der Waals surface area contributed by atoms with Crippen molar-refractivity contribution in [3.05, 3.63) is 104 Å². The van der Waals surface area contributed by atoms with Gasteiger partial charge < -0.3 is 4.74 Å². The largest absolute Gasteiger partial charge is 0.468 e. The smallest absolute Gasteiger partial charge is 0.271 e. The number of nitrogens with zero attached hydrogens (tertiary/aromatic N) is 3. The van der Waals surface area contributed by atoms with Crippen LogP contribution in [0.2, 0.25) is 10.0 Å². The number of nitro groups is 1. The monoisotopic (exact) mass is 543 g/mol. The molecule has 0 spiro atoms. The SMILES string of the molecule is O=C1c2ccccc2C(=O)N1CCOC(=S)N(C(=O)c1cccc([N+](=O)[O-])c1)c1c(Cl)cccc1Cl. The van der Waals surface area contributed by atoms with E-state index in [-0.39, 0.29) is 56.4 Å².